The summed E-state index contributed by atoms with van der Waals surface area (Å²) in [7, 11) is 1.67. The number of rotatable bonds is 5. The first kappa shape index (κ1) is 14.3. The summed E-state index contributed by atoms with van der Waals surface area (Å²) in [5.41, 5.74) is 1.09. The van der Waals surface area contributed by atoms with Gasteiger partial charge in [-0.05, 0) is 12.0 Å². The summed E-state index contributed by atoms with van der Waals surface area (Å²) in [5.74, 6) is 1.41. The summed E-state index contributed by atoms with van der Waals surface area (Å²) in [5, 5.41) is 3.50. The lowest BCUT2D eigenvalue weighted by Crippen LogP contribution is -2.53. The van der Waals surface area contributed by atoms with Crippen LogP contribution in [0.25, 0.3) is 0 Å². The lowest BCUT2D eigenvalue weighted by atomic mass is 9.96. The molecule has 1 aliphatic rings. The molecular formula is C15H25N3O. The number of hydrogen-bond acceptors (Lipinski definition) is 4. The van der Waals surface area contributed by atoms with Crippen LogP contribution in [0.2, 0.25) is 0 Å². The number of ether oxygens (including phenoxy) is 1. The lowest BCUT2D eigenvalue weighted by molar-refractivity contribution is 0.107. The fourth-order valence-corrected chi connectivity index (χ4v) is 2.66. The van der Waals surface area contributed by atoms with Gasteiger partial charge in [-0.3, -0.25) is 4.90 Å². The molecule has 106 valence electrons. The maximum Gasteiger partial charge on any atom is 0.213 e. The maximum atomic E-state index is 5.20. The molecule has 1 aromatic rings. The predicted molar refractivity (Wildman–Crippen MR) is 77.3 cm³/mol. The number of pyridine rings is 1. The molecule has 0 saturated carbocycles. The summed E-state index contributed by atoms with van der Waals surface area (Å²) >= 11 is 0. The molecule has 1 saturated heterocycles. The molecule has 2 atom stereocenters. The SMILES string of the molecule is CCC(C)C1CNCCN1Cc1cccc(OC)n1. The molecule has 4 heteroatoms. The van der Waals surface area contributed by atoms with E-state index < -0.39 is 0 Å². The van der Waals surface area contributed by atoms with Crippen molar-refractivity contribution in [3.8, 4) is 5.88 Å². The number of aromatic nitrogens is 1. The van der Waals surface area contributed by atoms with Gasteiger partial charge in [-0.1, -0.05) is 26.3 Å². The van der Waals surface area contributed by atoms with Gasteiger partial charge < -0.3 is 10.1 Å². The Balaban J connectivity index is 2.06. The molecule has 1 fully saturated rings. The van der Waals surface area contributed by atoms with Crippen LogP contribution < -0.4 is 10.1 Å². The van der Waals surface area contributed by atoms with Gasteiger partial charge >= 0.3 is 0 Å². The Kier molecular flexibility index (Phi) is 5.16. The lowest BCUT2D eigenvalue weighted by Gasteiger charge is -2.39. The Morgan fingerprint density at radius 1 is 1.53 bits per heavy atom. The smallest absolute Gasteiger partial charge is 0.213 e. The number of nitrogens with one attached hydrogen (secondary N) is 1. The van der Waals surface area contributed by atoms with Crippen LogP contribution in [0.5, 0.6) is 5.88 Å². The molecule has 2 rings (SSSR count). The zero-order chi connectivity index (χ0) is 13.7. The fraction of sp³-hybridized carbons (Fsp3) is 0.667. The van der Waals surface area contributed by atoms with Gasteiger partial charge in [-0.2, -0.15) is 0 Å². The summed E-state index contributed by atoms with van der Waals surface area (Å²) in [4.78, 5) is 7.07. The molecule has 0 spiro atoms. The van der Waals surface area contributed by atoms with Crippen molar-refractivity contribution in [2.75, 3.05) is 26.7 Å². The molecule has 1 N–H and O–H groups in total. The second-order valence-corrected chi connectivity index (χ2v) is 5.30. The van der Waals surface area contributed by atoms with Crippen LogP contribution in [0.4, 0.5) is 0 Å². The van der Waals surface area contributed by atoms with Crippen LogP contribution in [-0.4, -0.2) is 42.7 Å². The van der Waals surface area contributed by atoms with Crippen molar-refractivity contribution in [3.63, 3.8) is 0 Å². The summed E-state index contributed by atoms with van der Waals surface area (Å²) in [6.07, 6.45) is 1.22. The molecular weight excluding hydrogens is 238 g/mol. The summed E-state index contributed by atoms with van der Waals surface area (Å²) in [6, 6.07) is 6.60. The second-order valence-electron chi connectivity index (χ2n) is 5.30. The minimum Gasteiger partial charge on any atom is -0.481 e. The molecule has 2 heterocycles. The Bertz CT molecular complexity index is 397. The van der Waals surface area contributed by atoms with E-state index in [2.05, 4.69) is 35.1 Å². The van der Waals surface area contributed by atoms with Gasteiger partial charge in [0.05, 0.1) is 12.8 Å². The summed E-state index contributed by atoms with van der Waals surface area (Å²) in [6.45, 7) is 8.75. The first-order valence-corrected chi connectivity index (χ1v) is 7.19. The molecule has 0 radical (unpaired) electrons. The van der Waals surface area contributed by atoms with E-state index >= 15 is 0 Å². The Labute approximate surface area is 116 Å². The van der Waals surface area contributed by atoms with Crippen LogP contribution in [0.15, 0.2) is 18.2 Å². The van der Waals surface area contributed by atoms with E-state index in [-0.39, 0.29) is 0 Å². The van der Waals surface area contributed by atoms with Gasteiger partial charge in [0.25, 0.3) is 0 Å². The van der Waals surface area contributed by atoms with E-state index in [0.29, 0.717) is 17.8 Å². The third-order valence-corrected chi connectivity index (χ3v) is 4.05. The number of hydrogen-bond donors (Lipinski definition) is 1. The highest BCUT2D eigenvalue weighted by molar-refractivity contribution is 5.15. The van der Waals surface area contributed by atoms with E-state index in [4.69, 9.17) is 4.74 Å². The number of piperazine rings is 1. The largest absolute Gasteiger partial charge is 0.481 e. The van der Waals surface area contributed by atoms with E-state index in [0.717, 1.165) is 31.9 Å². The number of nitrogens with zero attached hydrogens (tertiary/aromatic N) is 2. The van der Waals surface area contributed by atoms with Crippen molar-refractivity contribution in [1.29, 1.82) is 0 Å². The quantitative estimate of drug-likeness (QED) is 0.880. The minimum absolute atomic E-state index is 0.603. The van der Waals surface area contributed by atoms with Crippen LogP contribution in [0.1, 0.15) is 26.0 Å². The van der Waals surface area contributed by atoms with Crippen molar-refractivity contribution < 1.29 is 4.74 Å². The van der Waals surface area contributed by atoms with Gasteiger partial charge in [0, 0.05) is 38.3 Å². The average molecular weight is 263 g/mol. The Morgan fingerprint density at radius 2 is 2.37 bits per heavy atom. The second kappa shape index (κ2) is 6.87. The monoisotopic (exact) mass is 263 g/mol. The fourth-order valence-electron chi connectivity index (χ4n) is 2.66. The van der Waals surface area contributed by atoms with E-state index in [1.165, 1.54) is 6.42 Å². The zero-order valence-electron chi connectivity index (χ0n) is 12.2. The highest BCUT2D eigenvalue weighted by atomic mass is 16.5. The normalized spacial score (nSPS) is 22.2. The average Bonchev–Trinajstić information content (AvgIpc) is 2.47. The molecule has 2 unspecified atom stereocenters. The van der Waals surface area contributed by atoms with Crippen molar-refractivity contribution in [3.05, 3.63) is 23.9 Å². The zero-order valence-corrected chi connectivity index (χ0v) is 12.2. The van der Waals surface area contributed by atoms with Gasteiger partial charge in [-0.25, -0.2) is 4.98 Å². The minimum atomic E-state index is 0.603. The molecule has 4 nitrogen and oxygen atoms in total. The molecule has 1 aromatic heterocycles. The standard InChI is InChI=1S/C15H25N3O/c1-4-12(2)14-10-16-8-9-18(14)11-13-6-5-7-15(17-13)19-3/h5-7,12,14,16H,4,8-11H2,1-3H3. The van der Waals surface area contributed by atoms with E-state index in [1.807, 2.05) is 12.1 Å². The van der Waals surface area contributed by atoms with Crippen LogP contribution in [0.3, 0.4) is 0 Å². The molecule has 0 aliphatic carbocycles. The highest BCUT2D eigenvalue weighted by Crippen LogP contribution is 2.19. The Hall–Kier alpha value is -1.13. The van der Waals surface area contributed by atoms with E-state index in [1.54, 1.807) is 7.11 Å². The molecule has 0 bridgehead atoms. The van der Waals surface area contributed by atoms with Crippen molar-refractivity contribution in [1.82, 2.24) is 15.2 Å². The number of methoxy groups -OCH3 is 1. The van der Waals surface area contributed by atoms with Crippen LogP contribution >= 0.6 is 0 Å². The molecule has 0 aromatic carbocycles. The molecule has 1 aliphatic heterocycles. The summed E-state index contributed by atoms with van der Waals surface area (Å²) < 4.78 is 5.20. The van der Waals surface area contributed by atoms with Crippen molar-refractivity contribution >= 4 is 0 Å². The van der Waals surface area contributed by atoms with Gasteiger partial charge in [0.2, 0.25) is 5.88 Å². The molecule has 0 amide bonds. The van der Waals surface area contributed by atoms with Gasteiger partial charge in [-0.15, -0.1) is 0 Å². The van der Waals surface area contributed by atoms with Gasteiger partial charge in [0.15, 0.2) is 0 Å². The van der Waals surface area contributed by atoms with Gasteiger partial charge in [0.1, 0.15) is 0 Å². The third kappa shape index (κ3) is 3.67. The first-order valence-electron chi connectivity index (χ1n) is 7.19. The van der Waals surface area contributed by atoms with Crippen molar-refractivity contribution in [2.24, 2.45) is 5.92 Å². The molecule has 19 heavy (non-hydrogen) atoms. The van der Waals surface area contributed by atoms with Crippen molar-refractivity contribution in [2.45, 2.75) is 32.9 Å². The highest BCUT2D eigenvalue weighted by Gasteiger charge is 2.26. The maximum absolute atomic E-state index is 5.20. The Morgan fingerprint density at radius 3 is 3.11 bits per heavy atom. The topological polar surface area (TPSA) is 37.4 Å². The predicted octanol–water partition coefficient (Wildman–Crippen LogP) is 1.91. The van der Waals surface area contributed by atoms with Crippen LogP contribution in [0, 0.1) is 5.92 Å². The van der Waals surface area contributed by atoms with E-state index in [9.17, 15) is 0 Å². The van der Waals surface area contributed by atoms with Crippen LogP contribution in [-0.2, 0) is 6.54 Å². The first-order chi connectivity index (χ1) is 9.24. The third-order valence-electron chi connectivity index (χ3n) is 4.05.